The van der Waals surface area contributed by atoms with Crippen LogP contribution in [0.25, 0.3) is 64.3 Å². The number of aryl methyl sites for hydroxylation is 1. The number of benzene rings is 5. The van der Waals surface area contributed by atoms with E-state index in [2.05, 4.69) is 163 Å². The summed E-state index contributed by atoms with van der Waals surface area (Å²) in [5.74, 6) is 1.60. The fourth-order valence-corrected chi connectivity index (χ4v) is 8.34. The second-order valence-corrected chi connectivity index (χ2v) is 16.9. The van der Waals surface area contributed by atoms with Gasteiger partial charge in [0.1, 0.15) is 17.2 Å². The largest absolute Gasteiger partial charge is 2.00 e. The van der Waals surface area contributed by atoms with Gasteiger partial charge >= 0.3 is 21.1 Å². The van der Waals surface area contributed by atoms with E-state index in [4.69, 9.17) is 14.4 Å². The van der Waals surface area contributed by atoms with Gasteiger partial charge in [0.05, 0.1) is 5.58 Å². The van der Waals surface area contributed by atoms with Crippen LogP contribution in [0.3, 0.4) is 0 Å². The number of furan rings is 1. The molecule has 0 spiro atoms. The molecule has 0 aliphatic rings. The van der Waals surface area contributed by atoms with Gasteiger partial charge in [-0.05, 0) is 81.7 Å². The van der Waals surface area contributed by atoms with E-state index in [0.717, 1.165) is 87.2 Å². The molecule has 4 nitrogen and oxygen atoms in total. The summed E-state index contributed by atoms with van der Waals surface area (Å²) in [6, 6.07) is 45.5. The summed E-state index contributed by atoms with van der Waals surface area (Å²) in [6.45, 7) is 15.7. The molecule has 0 aliphatic heterocycles. The molecule has 0 radical (unpaired) electrons. The molecule has 9 rings (SSSR count). The third kappa shape index (κ3) is 6.05. The van der Waals surface area contributed by atoms with Crippen molar-refractivity contribution < 1.29 is 25.5 Å². The molecule has 9 aromatic rings. The molecule has 53 heavy (non-hydrogen) atoms. The Morgan fingerprint density at radius 1 is 0.717 bits per heavy atom. The van der Waals surface area contributed by atoms with Gasteiger partial charge in [0.25, 0.3) is 0 Å². The number of anilines is 3. The summed E-state index contributed by atoms with van der Waals surface area (Å²) in [5.41, 5.74) is 8.94. The molecule has 0 saturated heterocycles. The topological polar surface area (TPSA) is 42.2 Å². The van der Waals surface area contributed by atoms with E-state index in [9.17, 15) is 0 Å². The smallest absolute Gasteiger partial charge is 0.472 e. The Morgan fingerprint density at radius 2 is 1.45 bits per heavy atom. The summed E-state index contributed by atoms with van der Waals surface area (Å²) in [6.07, 6.45) is 0. The summed E-state index contributed by atoms with van der Waals surface area (Å²) < 4.78 is 8.92. The normalized spacial score (nSPS) is 12.3. The van der Waals surface area contributed by atoms with Crippen LogP contribution < -0.4 is 4.90 Å². The van der Waals surface area contributed by atoms with Crippen molar-refractivity contribution in [1.29, 1.82) is 0 Å². The van der Waals surface area contributed by atoms with Gasteiger partial charge in [-0.1, -0.05) is 95.5 Å². The molecule has 0 atom stereocenters. The fraction of sp³-hybridized carbons (Fsp3) is 0.191. The summed E-state index contributed by atoms with van der Waals surface area (Å²) in [4.78, 5) is 13.2. The molecule has 0 fully saturated rings. The second-order valence-electron chi connectivity index (χ2n) is 15.8. The summed E-state index contributed by atoms with van der Waals surface area (Å²) in [5, 5.41) is 5.21. The van der Waals surface area contributed by atoms with Crippen LogP contribution >= 0.6 is 11.3 Å². The summed E-state index contributed by atoms with van der Waals surface area (Å²) in [7, 11) is 0. The molecule has 0 saturated carbocycles. The van der Waals surface area contributed by atoms with Gasteiger partial charge in [-0.3, -0.25) is 14.9 Å². The maximum Gasteiger partial charge on any atom is 2.00 e. The third-order valence-corrected chi connectivity index (χ3v) is 11.3. The minimum atomic E-state index is -0.131. The van der Waals surface area contributed by atoms with E-state index >= 15 is 0 Å². The van der Waals surface area contributed by atoms with Crippen LogP contribution in [0.2, 0.25) is 0 Å². The first-order valence-corrected chi connectivity index (χ1v) is 18.7. The number of pyridine rings is 2. The molecule has 0 aliphatic carbocycles. The van der Waals surface area contributed by atoms with Crippen molar-refractivity contribution in [1.82, 2.24) is 9.97 Å². The zero-order chi connectivity index (χ0) is 35.9. The first-order valence-electron chi connectivity index (χ1n) is 17.8. The molecule has 0 bridgehead atoms. The Labute approximate surface area is 328 Å². The fourth-order valence-electron chi connectivity index (χ4n) is 7.20. The van der Waals surface area contributed by atoms with Gasteiger partial charge in [-0.2, -0.15) is 0 Å². The van der Waals surface area contributed by atoms with Crippen LogP contribution in [-0.2, 0) is 31.9 Å². The van der Waals surface area contributed by atoms with Gasteiger partial charge in [-0.15, -0.1) is 64.2 Å². The van der Waals surface area contributed by atoms with Crippen molar-refractivity contribution >= 4 is 81.7 Å². The van der Waals surface area contributed by atoms with Crippen LogP contribution in [0.15, 0.2) is 114 Å². The Bertz CT molecular complexity index is 2840. The standard InChI is InChI=1S/C47H39N3OS.Pt/c1-28-23-39(49-43-35-25-29-15-11-12-20-34(29)44-41(35)42-37(51-44)21-14-22-38(42)52-45(28)43)50(33-18-9-8-10-19-33)40-27-32(47(5,6)7)26-36(48-40)30-16-13-17-31(24-30)46(2,3)4;/h8-15,17-24,26-27H,1-7H3;/q-2;+2. The van der Waals surface area contributed by atoms with Crippen molar-refractivity contribution in [3.8, 4) is 11.3 Å². The average Bonchev–Trinajstić information content (AvgIpc) is 3.46. The van der Waals surface area contributed by atoms with Gasteiger partial charge < -0.3 is 4.42 Å². The Hall–Kier alpha value is -4.83. The van der Waals surface area contributed by atoms with Crippen LogP contribution in [-0.4, -0.2) is 9.97 Å². The van der Waals surface area contributed by atoms with Crippen molar-refractivity contribution in [2.24, 2.45) is 0 Å². The second kappa shape index (κ2) is 12.9. The van der Waals surface area contributed by atoms with E-state index in [0.29, 0.717) is 0 Å². The van der Waals surface area contributed by atoms with Crippen LogP contribution in [0, 0.1) is 19.1 Å². The molecule has 5 aromatic carbocycles. The zero-order valence-corrected chi connectivity index (χ0v) is 34.0. The molecule has 0 amide bonds. The van der Waals surface area contributed by atoms with Crippen LogP contribution in [0.5, 0.6) is 0 Å². The first-order chi connectivity index (χ1) is 24.9. The Balaban J connectivity index is 0.00000400. The van der Waals surface area contributed by atoms with Crippen molar-refractivity contribution in [2.75, 3.05) is 4.90 Å². The molecule has 4 aromatic heterocycles. The number of hydrogen-bond donors (Lipinski definition) is 0. The van der Waals surface area contributed by atoms with E-state index in [-0.39, 0.29) is 31.9 Å². The molecule has 6 heteroatoms. The number of nitrogens with zero attached hydrogens (tertiary/aromatic N) is 3. The van der Waals surface area contributed by atoms with Gasteiger partial charge in [0.15, 0.2) is 0 Å². The molecular formula is C47H39N3OPtS. The molecule has 0 unspecified atom stereocenters. The van der Waals surface area contributed by atoms with Crippen molar-refractivity contribution in [3.63, 3.8) is 0 Å². The van der Waals surface area contributed by atoms with Gasteiger partial charge in [-0.25, -0.2) is 0 Å². The number of fused-ring (bicyclic) bond motifs is 4. The van der Waals surface area contributed by atoms with Crippen LogP contribution in [0.4, 0.5) is 17.3 Å². The maximum atomic E-state index is 6.63. The molecule has 4 heterocycles. The Morgan fingerprint density at radius 3 is 2.23 bits per heavy atom. The van der Waals surface area contributed by atoms with E-state index in [1.807, 2.05) is 12.1 Å². The monoisotopic (exact) mass is 888 g/mol. The maximum absolute atomic E-state index is 6.63. The predicted molar refractivity (Wildman–Crippen MR) is 220 cm³/mol. The predicted octanol–water partition coefficient (Wildman–Crippen LogP) is 13.5. The molecule has 264 valence electrons. The average molecular weight is 889 g/mol. The van der Waals surface area contributed by atoms with E-state index in [1.165, 1.54) is 11.1 Å². The number of para-hydroxylation sites is 1. The Kier molecular flexibility index (Phi) is 8.59. The minimum absolute atomic E-state index is 0. The number of hydrogen-bond acceptors (Lipinski definition) is 5. The SMILES string of the molecule is Cc1cc(N(c2ccccc2)c2cc(C(C)(C)C)cc(-c3[c-]ccc(C(C)(C)C)c3)n2)nc2c1sc1cccc3oc4c5ccccc5[c-]c2c4c31.[Pt+2]. The van der Waals surface area contributed by atoms with Gasteiger partial charge in [0.2, 0.25) is 0 Å². The third-order valence-electron chi connectivity index (χ3n) is 10.0. The van der Waals surface area contributed by atoms with E-state index in [1.54, 1.807) is 11.3 Å². The number of rotatable bonds is 4. The number of aromatic nitrogens is 2. The minimum Gasteiger partial charge on any atom is -0.472 e. The van der Waals surface area contributed by atoms with Crippen molar-refractivity contribution in [3.05, 3.63) is 138 Å². The zero-order valence-electron chi connectivity index (χ0n) is 30.9. The van der Waals surface area contributed by atoms with Crippen molar-refractivity contribution in [2.45, 2.75) is 59.3 Å². The quantitative estimate of drug-likeness (QED) is 0.165. The molecule has 0 N–H and O–H groups in total. The first kappa shape index (κ1) is 35.2. The summed E-state index contributed by atoms with van der Waals surface area (Å²) >= 11 is 1.76. The van der Waals surface area contributed by atoms with Crippen LogP contribution in [0.1, 0.15) is 58.2 Å². The van der Waals surface area contributed by atoms with E-state index < -0.39 is 0 Å². The molecular weight excluding hydrogens is 850 g/mol. The van der Waals surface area contributed by atoms with Gasteiger partial charge in [0, 0.05) is 26.0 Å².